The van der Waals surface area contributed by atoms with Gasteiger partial charge in [-0.05, 0) is 38.0 Å². The van der Waals surface area contributed by atoms with Crippen molar-refractivity contribution in [2.75, 3.05) is 6.61 Å². The summed E-state index contributed by atoms with van der Waals surface area (Å²) in [6.45, 7) is 6.50. The maximum Gasteiger partial charge on any atom is 0.128 e. The first-order valence-electron chi connectivity index (χ1n) is 5.11. The van der Waals surface area contributed by atoms with Crippen LogP contribution >= 0.6 is 0 Å². The van der Waals surface area contributed by atoms with Crippen LogP contribution in [-0.4, -0.2) is 17.5 Å². The van der Waals surface area contributed by atoms with Gasteiger partial charge in [-0.15, -0.1) is 0 Å². The minimum absolute atomic E-state index is 0.570. The molecule has 0 atom stereocenters. The Morgan fingerprint density at radius 1 is 1.47 bits per heavy atom. The zero-order chi connectivity index (χ0) is 11.3. The number of oxime groups is 1. The van der Waals surface area contributed by atoms with Crippen LogP contribution in [-0.2, 0) is 0 Å². The maximum atomic E-state index is 8.74. The molecule has 1 aromatic rings. The molecular formula is C12H17NO2. The van der Waals surface area contributed by atoms with Crippen molar-refractivity contribution < 1.29 is 9.94 Å². The molecule has 0 heterocycles. The van der Waals surface area contributed by atoms with Gasteiger partial charge in [-0.25, -0.2) is 0 Å². The molecule has 0 aliphatic heterocycles. The molecule has 0 saturated carbocycles. The Hall–Kier alpha value is -1.51. The van der Waals surface area contributed by atoms with E-state index in [4.69, 9.17) is 9.94 Å². The Kier molecular flexibility index (Phi) is 4.16. The third-order valence-electron chi connectivity index (χ3n) is 2.14. The zero-order valence-corrected chi connectivity index (χ0v) is 9.45. The van der Waals surface area contributed by atoms with Gasteiger partial charge in [-0.2, -0.15) is 0 Å². The molecule has 0 amide bonds. The van der Waals surface area contributed by atoms with Gasteiger partial charge in [0.15, 0.2) is 0 Å². The van der Waals surface area contributed by atoms with Gasteiger partial charge in [0.1, 0.15) is 5.75 Å². The summed E-state index contributed by atoms with van der Waals surface area (Å²) in [7, 11) is 0. The maximum absolute atomic E-state index is 8.74. The van der Waals surface area contributed by atoms with Crippen LogP contribution in [0.2, 0.25) is 0 Å². The second-order valence-electron chi connectivity index (χ2n) is 3.53. The molecular weight excluding hydrogens is 190 g/mol. The summed E-state index contributed by atoms with van der Waals surface area (Å²) in [5.74, 6) is 0.784. The fraction of sp³-hybridized carbons (Fsp3) is 0.417. The Morgan fingerprint density at radius 2 is 2.20 bits per heavy atom. The van der Waals surface area contributed by atoms with E-state index in [0.29, 0.717) is 12.3 Å². The average Bonchev–Trinajstić information content (AvgIpc) is 2.25. The van der Waals surface area contributed by atoms with Gasteiger partial charge < -0.3 is 9.94 Å². The predicted octanol–water partition coefficient (Wildman–Crippen LogP) is 2.98. The normalized spacial score (nSPS) is 11.5. The van der Waals surface area contributed by atoms with Crippen LogP contribution in [0.4, 0.5) is 0 Å². The Bertz CT molecular complexity index is 359. The Morgan fingerprint density at radius 3 is 2.80 bits per heavy atom. The molecule has 1 aromatic carbocycles. The highest BCUT2D eigenvalue weighted by Crippen LogP contribution is 2.21. The number of nitrogens with zero attached hydrogens (tertiary/aromatic N) is 1. The monoisotopic (exact) mass is 207 g/mol. The van der Waals surface area contributed by atoms with Crippen molar-refractivity contribution in [2.24, 2.45) is 5.16 Å². The number of rotatable bonds is 4. The molecule has 0 aliphatic rings. The van der Waals surface area contributed by atoms with Gasteiger partial charge in [-0.1, -0.05) is 18.1 Å². The van der Waals surface area contributed by atoms with E-state index in [2.05, 4.69) is 12.1 Å². The van der Waals surface area contributed by atoms with E-state index in [1.165, 1.54) is 0 Å². The summed E-state index contributed by atoms with van der Waals surface area (Å²) >= 11 is 0. The SMILES string of the molecule is CCCOc1cc(C)ccc1/C(C)=N/O. The van der Waals surface area contributed by atoms with Crippen molar-refractivity contribution in [1.29, 1.82) is 0 Å². The fourth-order valence-corrected chi connectivity index (χ4v) is 1.31. The molecule has 0 aliphatic carbocycles. The van der Waals surface area contributed by atoms with Crippen molar-refractivity contribution in [1.82, 2.24) is 0 Å². The number of ether oxygens (including phenoxy) is 1. The van der Waals surface area contributed by atoms with Crippen molar-refractivity contribution in [2.45, 2.75) is 27.2 Å². The van der Waals surface area contributed by atoms with Crippen LogP contribution in [0.25, 0.3) is 0 Å². The molecule has 82 valence electrons. The van der Waals surface area contributed by atoms with Crippen LogP contribution in [0.5, 0.6) is 5.75 Å². The molecule has 15 heavy (non-hydrogen) atoms. The quantitative estimate of drug-likeness (QED) is 0.468. The Labute approximate surface area is 90.4 Å². The topological polar surface area (TPSA) is 41.8 Å². The van der Waals surface area contributed by atoms with Crippen molar-refractivity contribution in [3.63, 3.8) is 0 Å². The lowest BCUT2D eigenvalue weighted by molar-refractivity contribution is 0.311. The Balaban J connectivity index is 3.03. The average molecular weight is 207 g/mol. The second-order valence-corrected chi connectivity index (χ2v) is 3.53. The van der Waals surface area contributed by atoms with Crippen LogP contribution in [0.15, 0.2) is 23.4 Å². The van der Waals surface area contributed by atoms with Crippen LogP contribution < -0.4 is 4.74 Å². The standard InChI is InChI=1S/C12H17NO2/c1-4-7-15-12-8-9(2)5-6-11(12)10(3)13-14/h5-6,8,14H,4,7H2,1-3H3/b13-10+. The van der Waals surface area contributed by atoms with E-state index in [1.807, 2.05) is 25.1 Å². The lowest BCUT2D eigenvalue weighted by atomic mass is 10.1. The lowest BCUT2D eigenvalue weighted by Crippen LogP contribution is -2.03. The summed E-state index contributed by atoms with van der Waals surface area (Å²) in [6.07, 6.45) is 0.961. The molecule has 0 fully saturated rings. The minimum Gasteiger partial charge on any atom is -0.493 e. The van der Waals surface area contributed by atoms with E-state index in [9.17, 15) is 0 Å². The molecule has 0 aromatic heterocycles. The third kappa shape index (κ3) is 2.98. The molecule has 0 bridgehead atoms. The van der Waals surface area contributed by atoms with E-state index in [1.54, 1.807) is 6.92 Å². The number of hydrogen-bond acceptors (Lipinski definition) is 3. The van der Waals surface area contributed by atoms with Crippen molar-refractivity contribution in [3.8, 4) is 5.75 Å². The fourth-order valence-electron chi connectivity index (χ4n) is 1.31. The zero-order valence-electron chi connectivity index (χ0n) is 9.45. The molecule has 1 rings (SSSR count). The van der Waals surface area contributed by atoms with E-state index >= 15 is 0 Å². The largest absolute Gasteiger partial charge is 0.493 e. The van der Waals surface area contributed by atoms with Crippen LogP contribution in [0, 0.1) is 6.92 Å². The molecule has 3 nitrogen and oxygen atoms in total. The first-order valence-corrected chi connectivity index (χ1v) is 5.11. The van der Waals surface area contributed by atoms with Crippen LogP contribution in [0.1, 0.15) is 31.4 Å². The molecule has 0 radical (unpaired) electrons. The summed E-state index contributed by atoms with van der Waals surface area (Å²) in [5, 5.41) is 11.9. The van der Waals surface area contributed by atoms with Crippen molar-refractivity contribution >= 4 is 5.71 Å². The van der Waals surface area contributed by atoms with Gasteiger partial charge in [0.25, 0.3) is 0 Å². The van der Waals surface area contributed by atoms with Gasteiger partial charge in [0.2, 0.25) is 0 Å². The van der Waals surface area contributed by atoms with Gasteiger partial charge in [0, 0.05) is 5.56 Å². The first kappa shape index (κ1) is 11.6. The van der Waals surface area contributed by atoms with E-state index in [-0.39, 0.29) is 0 Å². The molecule has 3 heteroatoms. The summed E-state index contributed by atoms with van der Waals surface area (Å²) in [6, 6.07) is 5.85. The van der Waals surface area contributed by atoms with Gasteiger partial charge in [-0.3, -0.25) is 0 Å². The number of aryl methyl sites for hydroxylation is 1. The highest BCUT2D eigenvalue weighted by Gasteiger charge is 2.07. The number of benzene rings is 1. The van der Waals surface area contributed by atoms with Crippen molar-refractivity contribution in [3.05, 3.63) is 29.3 Å². The van der Waals surface area contributed by atoms with E-state index < -0.39 is 0 Å². The summed E-state index contributed by atoms with van der Waals surface area (Å²) < 4.78 is 5.60. The third-order valence-corrected chi connectivity index (χ3v) is 2.14. The predicted molar refractivity (Wildman–Crippen MR) is 61.0 cm³/mol. The molecule has 0 saturated heterocycles. The highest BCUT2D eigenvalue weighted by atomic mass is 16.5. The number of hydrogen-bond donors (Lipinski definition) is 1. The lowest BCUT2D eigenvalue weighted by Gasteiger charge is -2.10. The summed E-state index contributed by atoms with van der Waals surface area (Å²) in [4.78, 5) is 0. The molecule has 1 N–H and O–H groups in total. The van der Waals surface area contributed by atoms with Gasteiger partial charge >= 0.3 is 0 Å². The molecule has 0 spiro atoms. The smallest absolute Gasteiger partial charge is 0.128 e. The second kappa shape index (κ2) is 5.39. The van der Waals surface area contributed by atoms with Gasteiger partial charge in [0.05, 0.1) is 12.3 Å². The van der Waals surface area contributed by atoms with Crippen LogP contribution in [0.3, 0.4) is 0 Å². The molecule has 0 unspecified atom stereocenters. The highest BCUT2D eigenvalue weighted by molar-refractivity contribution is 6.00. The van der Waals surface area contributed by atoms with E-state index in [0.717, 1.165) is 23.3 Å². The minimum atomic E-state index is 0.570. The summed E-state index contributed by atoms with van der Waals surface area (Å²) in [5.41, 5.74) is 2.55. The first-order chi connectivity index (χ1) is 7.19.